The van der Waals surface area contributed by atoms with E-state index in [0.29, 0.717) is 0 Å². The maximum atomic E-state index is 6.10. The van der Waals surface area contributed by atoms with Crippen molar-refractivity contribution >= 4 is 10.9 Å². The summed E-state index contributed by atoms with van der Waals surface area (Å²) in [6.45, 7) is 10.1. The van der Waals surface area contributed by atoms with E-state index in [1.807, 2.05) is 52.8 Å². The van der Waals surface area contributed by atoms with Gasteiger partial charge in [-0.2, -0.15) is 0 Å². The van der Waals surface area contributed by atoms with Gasteiger partial charge in [-0.05, 0) is 58.9 Å². The monoisotopic (exact) mass is 307 g/mol. The molecule has 118 valence electrons. The Balaban J connectivity index is 2.27. The third-order valence-electron chi connectivity index (χ3n) is 3.64. The minimum absolute atomic E-state index is 0.258. The van der Waals surface area contributed by atoms with Gasteiger partial charge < -0.3 is 4.74 Å². The molecule has 2 heterocycles. The van der Waals surface area contributed by atoms with Gasteiger partial charge in [-0.3, -0.25) is 4.98 Å². The number of fused-ring (bicyclic) bond motifs is 1. The first-order valence-corrected chi connectivity index (χ1v) is 7.72. The van der Waals surface area contributed by atoms with Crippen LogP contribution in [-0.4, -0.2) is 20.6 Å². The third kappa shape index (κ3) is 3.02. The van der Waals surface area contributed by atoms with Crippen LogP contribution in [0.4, 0.5) is 0 Å². The van der Waals surface area contributed by atoms with Gasteiger partial charge in [0.25, 0.3) is 0 Å². The largest absolute Gasteiger partial charge is 0.487 e. The minimum atomic E-state index is -0.258. The maximum Gasteiger partial charge on any atom is 0.129 e. The van der Waals surface area contributed by atoms with Gasteiger partial charge in [-0.25, -0.2) is 9.97 Å². The van der Waals surface area contributed by atoms with E-state index in [9.17, 15) is 0 Å². The summed E-state index contributed by atoms with van der Waals surface area (Å²) >= 11 is 0. The average molecular weight is 307 g/mol. The molecule has 3 rings (SSSR count). The number of hydrogen-bond donors (Lipinski definition) is 0. The summed E-state index contributed by atoms with van der Waals surface area (Å²) in [5.74, 6) is 0.844. The Labute approximate surface area is 136 Å². The van der Waals surface area contributed by atoms with Crippen molar-refractivity contribution in [2.45, 2.75) is 40.2 Å². The Bertz CT molecular complexity index is 846. The van der Waals surface area contributed by atoms with Crippen molar-refractivity contribution in [2.24, 2.45) is 0 Å². The lowest BCUT2D eigenvalue weighted by molar-refractivity contribution is 0.133. The van der Waals surface area contributed by atoms with Crippen LogP contribution in [0, 0.1) is 13.8 Å². The summed E-state index contributed by atoms with van der Waals surface area (Å²) < 4.78 is 6.10. The lowest BCUT2D eigenvalue weighted by Gasteiger charge is -2.23. The summed E-state index contributed by atoms with van der Waals surface area (Å²) in [7, 11) is 0. The highest BCUT2D eigenvalue weighted by molar-refractivity contribution is 5.98. The lowest BCUT2D eigenvalue weighted by Crippen LogP contribution is -2.23. The molecule has 0 bridgehead atoms. The molecular weight excluding hydrogens is 286 g/mol. The van der Waals surface area contributed by atoms with Crippen molar-refractivity contribution in [3.63, 3.8) is 0 Å². The van der Waals surface area contributed by atoms with Crippen LogP contribution in [0.3, 0.4) is 0 Å². The van der Waals surface area contributed by atoms with E-state index < -0.39 is 0 Å². The summed E-state index contributed by atoms with van der Waals surface area (Å²) in [4.78, 5) is 13.3. The molecule has 0 N–H and O–H groups in total. The Morgan fingerprint density at radius 3 is 2.26 bits per heavy atom. The number of ether oxygens (including phenoxy) is 1. The SMILES string of the molecule is Cc1ncnc(C)c1-c1ccc(OC(C)(C)C)c2cccnc12. The Kier molecular flexibility index (Phi) is 3.76. The molecule has 0 saturated carbocycles. The fourth-order valence-electron chi connectivity index (χ4n) is 2.75. The van der Waals surface area contributed by atoms with Gasteiger partial charge in [0.2, 0.25) is 0 Å². The van der Waals surface area contributed by atoms with Gasteiger partial charge >= 0.3 is 0 Å². The number of benzene rings is 1. The van der Waals surface area contributed by atoms with Gasteiger partial charge in [0.15, 0.2) is 0 Å². The van der Waals surface area contributed by atoms with Crippen molar-refractivity contribution < 1.29 is 4.74 Å². The number of pyridine rings is 1. The minimum Gasteiger partial charge on any atom is -0.487 e. The van der Waals surface area contributed by atoms with Crippen molar-refractivity contribution in [2.75, 3.05) is 0 Å². The molecule has 0 aliphatic heterocycles. The second-order valence-corrected chi connectivity index (χ2v) is 6.64. The number of aromatic nitrogens is 3. The Hall–Kier alpha value is -2.49. The molecule has 23 heavy (non-hydrogen) atoms. The van der Waals surface area contributed by atoms with Crippen LogP contribution >= 0.6 is 0 Å². The molecule has 0 radical (unpaired) electrons. The molecule has 0 spiro atoms. The molecule has 0 aliphatic rings. The number of rotatable bonds is 2. The van der Waals surface area contributed by atoms with E-state index in [4.69, 9.17) is 4.74 Å². The second kappa shape index (κ2) is 5.61. The van der Waals surface area contributed by atoms with Crippen LogP contribution in [0.5, 0.6) is 5.75 Å². The zero-order chi connectivity index (χ0) is 16.6. The van der Waals surface area contributed by atoms with Crippen LogP contribution in [0.2, 0.25) is 0 Å². The van der Waals surface area contributed by atoms with Crippen LogP contribution in [0.1, 0.15) is 32.2 Å². The molecular formula is C19H21N3O. The molecule has 4 nitrogen and oxygen atoms in total. The maximum absolute atomic E-state index is 6.10. The standard InChI is InChI=1S/C19H21N3O/c1-12-17(13(2)22-11-21-12)15-8-9-16(23-19(3,4)5)14-7-6-10-20-18(14)15/h6-11H,1-5H3. The first kappa shape index (κ1) is 15.4. The zero-order valence-electron chi connectivity index (χ0n) is 14.2. The van der Waals surface area contributed by atoms with E-state index in [1.165, 1.54) is 0 Å². The predicted octanol–water partition coefficient (Wildman–Crippen LogP) is 4.49. The Morgan fingerprint density at radius 1 is 0.913 bits per heavy atom. The number of nitrogens with zero attached hydrogens (tertiary/aromatic N) is 3. The van der Waals surface area contributed by atoms with Crippen LogP contribution in [0.15, 0.2) is 36.8 Å². The van der Waals surface area contributed by atoms with Gasteiger partial charge in [0.1, 0.15) is 17.7 Å². The molecule has 1 aromatic carbocycles. The highest BCUT2D eigenvalue weighted by Crippen LogP contribution is 2.36. The van der Waals surface area contributed by atoms with Crippen molar-refractivity contribution in [1.29, 1.82) is 0 Å². The molecule has 0 unspecified atom stereocenters. The van der Waals surface area contributed by atoms with E-state index in [-0.39, 0.29) is 5.60 Å². The zero-order valence-corrected chi connectivity index (χ0v) is 14.2. The molecule has 0 amide bonds. The van der Waals surface area contributed by atoms with Crippen molar-refractivity contribution in [3.05, 3.63) is 48.2 Å². The van der Waals surface area contributed by atoms with Gasteiger partial charge in [-0.15, -0.1) is 0 Å². The molecule has 4 heteroatoms. The van der Waals surface area contributed by atoms with E-state index in [2.05, 4.69) is 21.0 Å². The molecule has 3 aromatic rings. The number of hydrogen-bond acceptors (Lipinski definition) is 4. The van der Waals surface area contributed by atoms with E-state index in [1.54, 1.807) is 12.5 Å². The summed E-state index contributed by atoms with van der Waals surface area (Å²) in [6, 6.07) is 8.04. The Morgan fingerprint density at radius 2 is 1.61 bits per heavy atom. The first-order chi connectivity index (χ1) is 10.9. The van der Waals surface area contributed by atoms with Gasteiger partial charge in [0, 0.05) is 34.1 Å². The molecule has 2 aromatic heterocycles. The van der Waals surface area contributed by atoms with Crippen LogP contribution in [-0.2, 0) is 0 Å². The molecule has 0 fully saturated rings. The fraction of sp³-hybridized carbons (Fsp3) is 0.316. The molecule has 0 aliphatic carbocycles. The number of aryl methyl sites for hydroxylation is 2. The average Bonchev–Trinajstić information content (AvgIpc) is 2.47. The lowest BCUT2D eigenvalue weighted by atomic mass is 9.99. The first-order valence-electron chi connectivity index (χ1n) is 7.72. The predicted molar refractivity (Wildman–Crippen MR) is 92.6 cm³/mol. The highest BCUT2D eigenvalue weighted by atomic mass is 16.5. The van der Waals surface area contributed by atoms with Crippen LogP contribution < -0.4 is 4.74 Å². The van der Waals surface area contributed by atoms with Gasteiger partial charge in [-0.1, -0.05) is 0 Å². The van der Waals surface area contributed by atoms with Crippen molar-refractivity contribution in [3.8, 4) is 16.9 Å². The third-order valence-corrected chi connectivity index (χ3v) is 3.64. The van der Waals surface area contributed by atoms with E-state index >= 15 is 0 Å². The van der Waals surface area contributed by atoms with E-state index in [0.717, 1.165) is 39.2 Å². The smallest absolute Gasteiger partial charge is 0.129 e. The summed E-state index contributed by atoms with van der Waals surface area (Å²) in [5, 5.41) is 1.00. The molecule has 0 atom stereocenters. The topological polar surface area (TPSA) is 47.9 Å². The fourth-order valence-corrected chi connectivity index (χ4v) is 2.75. The summed E-state index contributed by atoms with van der Waals surface area (Å²) in [5.41, 5.74) is 4.64. The van der Waals surface area contributed by atoms with Gasteiger partial charge in [0.05, 0.1) is 5.52 Å². The quantitative estimate of drug-likeness (QED) is 0.700. The molecule has 0 saturated heterocycles. The summed E-state index contributed by atoms with van der Waals surface area (Å²) in [6.07, 6.45) is 3.40. The van der Waals surface area contributed by atoms with Crippen molar-refractivity contribution in [1.82, 2.24) is 15.0 Å². The second-order valence-electron chi connectivity index (χ2n) is 6.64. The van der Waals surface area contributed by atoms with Crippen LogP contribution in [0.25, 0.3) is 22.0 Å². The normalized spacial score (nSPS) is 11.7. The highest BCUT2D eigenvalue weighted by Gasteiger charge is 2.18.